The van der Waals surface area contributed by atoms with Gasteiger partial charge in [-0.3, -0.25) is 4.90 Å². The van der Waals surface area contributed by atoms with Crippen molar-refractivity contribution in [3.63, 3.8) is 0 Å². The summed E-state index contributed by atoms with van der Waals surface area (Å²) in [5.41, 5.74) is 0.330. The van der Waals surface area contributed by atoms with E-state index in [0.717, 1.165) is 19.0 Å². The number of likely N-dealkylation sites (tertiary alicyclic amines) is 1. The minimum Gasteiger partial charge on any atom is -0.315 e. The second kappa shape index (κ2) is 8.08. The number of hydrogen-bond donors (Lipinski definition) is 1. The molecule has 0 atom stereocenters. The molecule has 1 heterocycles. The Morgan fingerprint density at radius 3 is 2.12 bits per heavy atom. The Kier molecular flexibility index (Phi) is 8.04. The zero-order valence-electron chi connectivity index (χ0n) is 12.3. The third-order valence-corrected chi connectivity index (χ3v) is 3.45. The van der Waals surface area contributed by atoms with E-state index in [1.807, 2.05) is 13.8 Å². The molecule has 0 amide bonds. The fraction of sp³-hybridized carbons (Fsp3) is 1.00. The van der Waals surface area contributed by atoms with Gasteiger partial charge in [-0.1, -0.05) is 27.7 Å². The van der Waals surface area contributed by atoms with Crippen LogP contribution >= 0.6 is 0 Å². The predicted octanol–water partition coefficient (Wildman–Crippen LogP) is 3.13. The minimum atomic E-state index is 0.330. The first-order chi connectivity index (χ1) is 7.56. The first kappa shape index (κ1) is 15.9. The topological polar surface area (TPSA) is 15.3 Å². The van der Waals surface area contributed by atoms with Crippen molar-refractivity contribution in [1.29, 1.82) is 0 Å². The van der Waals surface area contributed by atoms with Crippen LogP contribution in [0.15, 0.2) is 0 Å². The van der Waals surface area contributed by atoms with E-state index < -0.39 is 0 Å². The molecule has 0 unspecified atom stereocenters. The van der Waals surface area contributed by atoms with Crippen molar-refractivity contribution < 1.29 is 0 Å². The van der Waals surface area contributed by atoms with Crippen LogP contribution in [-0.4, -0.2) is 36.6 Å². The fourth-order valence-corrected chi connectivity index (χ4v) is 2.16. The van der Waals surface area contributed by atoms with Crippen molar-refractivity contribution in [3.8, 4) is 0 Å². The molecule has 0 aromatic carbocycles. The van der Waals surface area contributed by atoms with Crippen molar-refractivity contribution in [2.24, 2.45) is 5.92 Å². The van der Waals surface area contributed by atoms with Gasteiger partial charge >= 0.3 is 0 Å². The van der Waals surface area contributed by atoms with Gasteiger partial charge in [0.1, 0.15) is 0 Å². The molecule has 1 aliphatic rings. The molecule has 2 heteroatoms. The largest absolute Gasteiger partial charge is 0.315 e. The lowest BCUT2D eigenvalue weighted by Crippen LogP contribution is -2.53. The highest BCUT2D eigenvalue weighted by molar-refractivity contribution is 4.86. The average Bonchev–Trinajstić information content (AvgIpc) is 2.30. The van der Waals surface area contributed by atoms with Gasteiger partial charge in [-0.05, 0) is 52.2 Å². The van der Waals surface area contributed by atoms with Gasteiger partial charge in [0.2, 0.25) is 0 Å². The van der Waals surface area contributed by atoms with Crippen LogP contribution in [-0.2, 0) is 0 Å². The monoisotopic (exact) mass is 228 g/mol. The molecule has 1 saturated heterocycles. The van der Waals surface area contributed by atoms with E-state index >= 15 is 0 Å². The summed E-state index contributed by atoms with van der Waals surface area (Å²) in [6.45, 7) is 18.0. The summed E-state index contributed by atoms with van der Waals surface area (Å²) in [5, 5.41) is 3.46. The number of likely N-dealkylation sites (N-methyl/N-ethyl adjacent to an activating group) is 1. The van der Waals surface area contributed by atoms with E-state index in [1.165, 1.54) is 25.9 Å². The Hall–Kier alpha value is -0.0800. The molecule has 98 valence electrons. The zero-order chi connectivity index (χ0) is 12.6. The van der Waals surface area contributed by atoms with Crippen LogP contribution in [0.4, 0.5) is 0 Å². The summed E-state index contributed by atoms with van der Waals surface area (Å²) in [7, 11) is 0. The lowest BCUT2D eigenvalue weighted by atomic mass is 9.93. The zero-order valence-corrected chi connectivity index (χ0v) is 12.3. The third kappa shape index (κ3) is 5.31. The Bertz CT molecular complexity index is 158. The van der Waals surface area contributed by atoms with Crippen molar-refractivity contribution in [1.82, 2.24) is 10.2 Å². The van der Waals surface area contributed by atoms with Gasteiger partial charge in [-0.25, -0.2) is 0 Å². The number of rotatable bonds is 4. The van der Waals surface area contributed by atoms with E-state index in [9.17, 15) is 0 Å². The van der Waals surface area contributed by atoms with E-state index in [4.69, 9.17) is 0 Å². The number of piperidine rings is 1. The standard InChI is InChI=1S/C12H26N2.C2H6/c1-5-13-10-12(3,4)14-8-6-11(2)7-9-14;1-2/h11,13H,5-10H2,1-4H3;1-2H3. The summed E-state index contributed by atoms with van der Waals surface area (Å²) >= 11 is 0. The summed E-state index contributed by atoms with van der Waals surface area (Å²) in [4.78, 5) is 2.63. The van der Waals surface area contributed by atoms with Gasteiger partial charge in [-0.2, -0.15) is 0 Å². The average molecular weight is 228 g/mol. The Balaban J connectivity index is 0.00000106. The maximum Gasteiger partial charge on any atom is 0.0277 e. The van der Waals surface area contributed by atoms with Gasteiger partial charge in [-0.15, -0.1) is 0 Å². The first-order valence-corrected chi connectivity index (χ1v) is 7.02. The van der Waals surface area contributed by atoms with E-state index in [0.29, 0.717) is 5.54 Å². The van der Waals surface area contributed by atoms with Crippen LogP contribution in [0, 0.1) is 5.92 Å². The van der Waals surface area contributed by atoms with Crippen molar-refractivity contribution in [3.05, 3.63) is 0 Å². The Morgan fingerprint density at radius 1 is 1.19 bits per heavy atom. The lowest BCUT2D eigenvalue weighted by molar-refractivity contribution is 0.0781. The molecule has 1 N–H and O–H groups in total. The number of nitrogens with zero attached hydrogens (tertiary/aromatic N) is 1. The Labute approximate surface area is 103 Å². The van der Waals surface area contributed by atoms with Gasteiger partial charge in [0.05, 0.1) is 0 Å². The predicted molar refractivity (Wildman–Crippen MR) is 73.9 cm³/mol. The third-order valence-electron chi connectivity index (χ3n) is 3.45. The molecule has 0 bridgehead atoms. The molecule has 0 saturated carbocycles. The summed E-state index contributed by atoms with van der Waals surface area (Å²) in [5.74, 6) is 0.932. The second-order valence-corrected chi connectivity index (χ2v) is 5.26. The maximum atomic E-state index is 3.46. The summed E-state index contributed by atoms with van der Waals surface area (Å²) in [6.07, 6.45) is 2.74. The molecule has 1 aliphatic heterocycles. The van der Waals surface area contributed by atoms with Gasteiger partial charge in [0, 0.05) is 12.1 Å². The van der Waals surface area contributed by atoms with Crippen molar-refractivity contribution in [2.75, 3.05) is 26.2 Å². The molecule has 16 heavy (non-hydrogen) atoms. The molecular formula is C14H32N2. The molecule has 0 radical (unpaired) electrons. The molecule has 1 rings (SSSR count). The molecule has 0 aromatic rings. The lowest BCUT2D eigenvalue weighted by Gasteiger charge is -2.42. The smallest absolute Gasteiger partial charge is 0.0277 e. The van der Waals surface area contributed by atoms with Crippen molar-refractivity contribution in [2.45, 2.75) is 59.9 Å². The highest BCUT2D eigenvalue weighted by Crippen LogP contribution is 2.23. The second-order valence-electron chi connectivity index (χ2n) is 5.26. The molecular weight excluding hydrogens is 196 g/mol. The molecule has 0 spiro atoms. The van der Waals surface area contributed by atoms with Crippen LogP contribution in [0.3, 0.4) is 0 Å². The van der Waals surface area contributed by atoms with Gasteiger partial charge in [0.15, 0.2) is 0 Å². The fourth-order valence-electron chi connectivity index (χ4n) is 2.16. The van der Waals surface area contributed by atoms with Crippen LogP contribution in [0.5, 0.6) is 0 Å². The molecule has 2 nitrogen and oxygen atoms in total. The van der Waals surface area contributed by atoms with E-state index in [1.54, 1.807) is 0 Å². The van der Waals surface area contributed by atoms with Crippen molar-refractivity contribution >= 4 is 0 Å². The quantitative estimate of drug-likeness (QED) is 0.795. The summed E-state index contributed by atoms with van der Waals surface area (Å²) < 4.78 is 0. The summed E-state index contributed by atoms with van der Waals surface area (Å²) in [6, 6.07) is 0. The number of nitrogens with one attached hydrogen (secondary N) is 1. The van der Waals surface area contributed by atoms with Crippen LogP contribution < -0.4 is 5.32 Å². The normalized spacial score (nSPS) is 19.1. The molecule has 0 aromatic heterocycles. The highest BCUT2D eigenvalue weighted by atomic mass is 15.2. The Morgan fingerprint density at radius 2 is 1.69 bits per heavy atom. The van der Waals surface area contributed by atoms with E-state index in [-0.39, 0.29) is 0 Å². The molecule has 1 fully saturated rings. The van der Waals surface area contributed by atoms with E-state index in [2.05, 4.69) is 37.9 Å². The van der Waals surface area contributed by atoms with Crippen LogP contribution in [0.25, 0.3) is 0 Å². The first-order valence-electron chi connectivity index (χ1n) is 7.02. The SMILES string of the molecule is CC.CCNCC(C)(C)N1CCC(C)CC1. The van der Waals surface area contributed by atoms with Gasteiger partial charge in [0.25, 0.3) is 0 Å². The highest BCUT2D eigenvalue weighted by Gasteiger charge is 2.28. The minimum absolute atomic E-state index is 0.330. The van der Waals surface area contributed by atoms with Crippen LogP contribution in [0.2, 0.25) is 0 Å². The van der Waals surface area contributed by atoms with Gasteiger partial charge < -0.3 is 5.32 Å². The number of hydrogen-bond acceptors (Lipinski definition) is 2. The maximum absolute atomic E-state index is 3.46. The molecule has 0 aliphatic carbocycles. The van der Waals surface area contributed by atoms with Crippen LogP contribution in [0.1, 0.15) is 54.4 Å².